The molecule has 2 nitrogen and oxygen atoms in total. The van der Waals surface area contributed by atoms with E-state index in [1.165, 1.54) is 11.1 Å². The molecule has 2 rings (SSSR count). The van der Waals surface area contributed by atoms with Gasteiger partial charge < -0.3 is 5.32 Å². The Kier molecular flexibility index (Phi) is 5.32. The van der Waals surface area contributed by atoms with E-state index < -0.39 is 10.8 Å². The third kappa shape index (κ3) is 3.60. The lowest BCUT2D eigenvalue weighted by Crippen LogP contribution is -2.30. The number of nitrogens with one attached hydrogen (secondary N) is 1. The van der Waals surface area contributed by atoms with Gasteiger partial charge in [0, 0.05) is 10.9 Å². The molecule has 0 radical (unpaired) electrons. The van der Waals surface area contributed by atoms with Crippen LogP contribution in [0, 0.1) is 13.8 Å². The van der Waals surface area contributed by atoms with Crippen molar-refractivity contribution in [3.05, 3.63) is 65.2 Å². The quantitative estimate of drug-likeness (QED) is 0.911. The van der Waals surface area contributed by atoms with Crippen molar-refractivity contribution in [2.24, 2.45) is 0 Å². The zero-order chi connectivity index (χ0) is 15.4. The maximum Gasteiger partial charge on any atom is 0.0580 e. The van der Waals surface area contributed by atoms with E-state index in [-0.39, 0.29) is 11.3 Å². The van der Waals surface area contributed by atoms with Crippen molar-refractivity contribution in [3.8, 4) is 0 Å². The topological polar surface area (TPSA) is 29.1 Å². The molecule has 0 aliphatic heterocycles. The van der Waals surface area contributed by atoms with E-state index in [1.807, 2.05) is 45.2 Å². The number of rotatable bonds is 5. The normalized spacial score (nSPS) is 15.4. The minimum atomic E-state index is -1.04. The monoisotopic (exact) mass is 301 g/mol. The first-order valence-electron chi connectivity index (χ1n) is 7.24. The lowest BCUT2D eigenvalue weighted by molar-refractivity contribution is 0.569. The Morgan fingerprint density at radius 3 is 2.19 bits per heavy atom. The summed E-state index contributed by atoms with van der Waals surface area (Å²) in [6, 6.07) is 16.4. The summed E-state index contributed by atoms with van der Waals surface area (Å²) in [6.45, 7) is 6.14. The highest BCUT2D eigenvalue weighted by Gasteiger charge is 2.24. The number of hydrogen-bond donors (Lipinski definition) is 1. The largest absolute Gasteiger partial charge is 0.312 e. The molecule has 3 unspecified atom stereocenters. The molecule has 21 heavy (non-hydrogen) atoms. The lowest BCUT2D eigenvalue weighted by Gasteiger charge is -2.24. The molecule has 0 amide bonds. The number of hydrogen-bond acceptors (Lipinski definition) is 2. The van der Waals surface area contributed by atoms with E-state index in [9.17, 15) is 4.21 Å². The molecule has 0 aliphatic carbocycles. The van der Waals surface area contributed by atoms with Crippen LogP contribution in [0.4, 0.5) is 0 Å². The summed E-state index contributed by atoms with van der Waals surface area (Å²) in [5, 5.41) is 3.31. The van der Waals surface area contributed by atoms with Gasteiger partial charge in [-0.15, -0.1) is 0 Å². The smallest absolute Gasteiger partial charge is 0.0580 e. The first-order valence-corrected chi connectivity index (χ1v) is 8.46. The highest BCUT2D eigenvalue weighted by molar-refractivity contribution is 7.85. The molecule has 2 aromatic carbocycles. The first-order chi connectivity index (χ1) is 10.0. The van der Waals surface area contributed by atoms with Crippen molar-refractivity contribution in [1.29, 1.82) is 0 Å². The van der Waals surface area contributed by atoms with Gasteiger partial charge in [0.1, 0.15) is 0 Å². The first kappa shape index (κ1) is 15.9. The van der Waals surface area contributed by atoms with Gasteiger partial charge in [-0.3, -0.25) is 4.21 Å². The Morgan fingerprint density at radius 1 is 1.00 bits per heavy atom. The van der Waals surface area contributed by atoms with E-state index in [2.05, 4.69) is 36.5 Å². The van der Waals surface area contributed by atoms with Crippen molar-refractivity contribution in [1.82, 2.24) is 5.32 Å². The van der Waals surface area contributed by atoms with Crippen molar-refractivity contribution < 1.29 is 4.21 Å². The zero-order valence-corrected chi connectivity index (χ0v) is 13.9. The molecule has 112 valence electrons. The highest BCUT2D eigenvalue weighted by atomic mass is 32.2. The summed E-state index contributed by atoms with van der Waals surface area (Å²) in [6.07, 6.45) is 0. The van der Waals surface area contributed by atoms with E-state index >= 15 is 0 Å². The average molecular weight is 301 g/mol. The van der Waals surface area contributed by atoms with Gasteiger partial charge in [0.15, 0.2) is 0 Å². The summed E-state index contributed by atoms with van der Waals surface area (Å²) >= 11 is 0. The van der Waals surface area contributed by atoms with Crippen LogP contribution in [0.3, 0.4) is 0 Å². The molecule has 0 aromatic heterocycles. The van der Waals surface area contributed by atoms with Gasteiger partial charge in [-0.1, -0.05) is 48.0 Å². The van der Waals surface area contributed by atoms with Crippen molar-refractivity contribution >= 4 is 10.8 Å². The Morgan fingerprint density at radius 2 is 1.62 bits per heavy atom. The van der Waals surface area contributed by atoms with E-state index in [1.54, 1.807) is 0 Å². The fourth-order valence-corrected chi connectivity index (χ4v) is 4.09. The van der Waals surface area contributed by atoms with E-state index in [4.69, 9.17) is 0 Å². The minimum Gasteiger partial charge on any atom is -0.312 e. The molecule has 0 heterocycles. The minimum absolute atomic E-state index is 0.00111. The predicted octanol–water partition coefficient (Wildman–Crippen LogP) is 3.76. The molecular weight excluding hydrogens is 278 g/mol. The molecule has 0 spiro atoms. The second kappa shape index (κ2) is 7.01. The van der Waals surface area contributed by atoms with Crippen molar-refractivity contribution in [3.63, 3.8) is 0 Å². The Balaban J connectivity index is 2.28. The van der Waals surface area contributed by atoms with Gasteiger partial charge in [0.25, 0.3) is 0 Å². The molecule has 0 saturated carbocycles. The summed E-state index contributed by atoms with van der Waals surface area (Å²) in [7, 11) is 0.889. The van der Waals surface area contributed by atoms with Crippen LogP contribution in [-0.2, 0) is 10.8 Å². The molecule has 3 atom stereocenters. The molecule has 0 saturated heterocycles. The molecule has 0 aliphatic rings. The standard InChI is InChI=1S/C18H23NOS/c1-13-9-11-16(12-10-13)18(19-4)15(3)21(20)17-8-6-5-7-14(17)2/h5-12,15,18-19H,1-4H3. The van der Waals surface area contributed by atoms with Gasteiger partial charge in [-0.25, -0.2) is 0 Å². The fraction of sp³-hybridized carbons (Fsp3) is 0.333. The van der Waals surface area contributed by atoms with Crippen LogP contribution >= 0.6 is 0 Å². The zero-order valence-electron chi connectivity index (χ0n) is 13.1. The van der Waals surface area contributed by atoms with E-state index in [0.29, 0.717) is 0 Å². The van der Waals surface area contributed by atoms with Crippen molar-refractivity contribution in [2.45, 2.75) is 37.0 Å². The van der Waals surface area contributed by atoms with Gasteiger partial charge in [0.2, 0.25) is 0 Å². The maximum absolute atomic E-state index is 12.9. The third-order valence-electron chi connectivity index (χ3n) is 3.86. The molecule has 0 fully saturated rings. The number of aryl methyl sites for hydroxylation is 2. The van der Waals surface area contributed by atoms with Gasteiger partial charge in [-0.2, -0.15) is 0 Å². The fourth-order valence-electron chi connectivity index (χ4n) is 2.55. The van der Waals surface area contributed by atoms with Gasteiger partial charge in [-0.05, 0) is 45.0 Å². The summed E-state index contributed by atoms with van der Waals surface area (Å²) in [5.41, 5.74) is 3.50. The Labute approximate surface area is 130 Å². The second-order valence-corrected chi connectivity index (χ2v) is 7.22. The summed E-state index contributed by atoms with van der Waals surface area (Å²) in [4.78, 5) is 0.928. The van der Waals surface area contributed by atoms with E-state index in [0.717, 1.165) is 10.5 Å². The highest BCUT2D eigenvalue weighted by Crippen LogP contribution is 2.25. The number of benzene rings is 2. The summed E-state index contributed by atoms with van der Waals surface area (Å²) in [5.74, 6) is 0. The third-order valence-corrected chi connectivity index (χ3v) is 5.70. The van der Waals surface area contributed by atoms with Crippen LogP contribution in [0.15, 0.2) is 53.4 Å². The second-order valence-electron chi connectivity index (χ2n) is 5.45. The van der Waals surface area contributed by atoms with Gasteiger partial charge >= 0.3 is 0 Å². The average Bonchev–Trinajstić information content (AvgIpc) is 2.49. The van der Waals surface area contributed by atoms with Crippen LogP contribution in [0.1, 0.15) is 29.7 Å². The molecule has 2 aromatic rings. The van der Waals surface area contributed by atoms with Crippen LogP contribution in [0.5, 0.6) is 0 Å². The summed E-state index contributed by atoms with van der Waals surface area (Å²) < 4.78 is 12.9. The van der Waals surface area contributed by atoms with Gasteiger partial charge in [0.05, 0.1) is 16.0 Å². The van der Waals surface area contributed by atoms with Crippen molar-refractivity contribution in [2.75, 3.05) is 7.05 Å². The lowest BCUT2D eigenvalue weighted by atomic mass is 10.0. The molecular formula is C18H23NOS. The van der Waals surface area contributed by atoms with Crippen LogP contribution in [0.2, 0.25) is 0 Å². The SMILES string of the molecule is CNC(c1ccc(C)cc1)C(C)S(=O)c1ccccc1C. The van der Waals surface area contributed by atoms with Crippen LogP contribution < -0.4 is 5.32 Å². The molecule has 1 N–H and O–H groups in total. The Bertz CT molecular complexity index is 621. The predicted molar refractivity (Wildman–Crippen MR) is 90.0 cm³/mol. The molecule has 3 heteroatoms. The maximum atomic E-state index is 12.9. The van der Waals surface area contributed by atoms with Crippen LogP contribution in [0.25, 0.3) is 0 Å². The van der Waals surface area contributed by atoms with Crippen LogP contribution in [-0.4, -0.2) is 16.5 Å². The Hall–Kier alpha value is -1.45. The molecule has 0 bridgehead atoms.